The number of hydrogen-bond acceptors (Lipinski definition) is 3. The normalized spacial score (nSPS) is 31.1. The first-order chi connectivity index (χ1) is 7.25. The fourth-order valence-electron chi connectivity index (χ4n) is 2.09. The van der Waals surface area contributed by atoms with Gasteiger partial charge in [0.15, 0.2) is 0 Å². The first-order valence-electron chi connectivity index (χ1n) is 5.56. The Morgan fingerprint density at radius 1 is 1.40 bits per heavy atom. The molecule has 84 valence electrons. The van der Waals surface area contributed by atoms with Crippen molar-refractivity contribution in [2.75, 3.05) is 13.1 Å². The number of carbonyl (C=O) groups is 2. The summed E-state index contributed by atoms with van der Waals surface area (Å²) in [6.45, 7) is 1.87. The van der Waals surface area contributed by atoms with Crippen LogP contribution in [0.15, 0.2) is 0 Å². The van der Waals surface area contributed by atoms with Crippen molar-refractivity contribution in [1.29, 1.82) is 0 Å². The van der Waals surface area contributed by atoms with E-state index in [1.807, 2.05) is 0 Å². The summed E-state index contributed by atoms with van der Waals surface area (Å²) in [7, 11) is 0. The highest BCUT2D eigenvalue weighted by atomic mass is 16.2. The van der Waals surface area contributed by atoms with E-state index >= 15 is 0 Å². The van der Waals surface area contributed by atoms with Crippen LogP contribution in [0.2, 0.25) is 0 Å². The quantitative estimate of drug-likeness (QED) is 0.556. The fraction of sp³-hybridized carbons (Fsp3) is 0.800. The number of rotatable bonds is 2. The van der Waals surface area contributed by atoms with Crippen molar-refractivity contribution in [1.82, 2.24) is 16.0 Å². The van der Waals surface area contributed by atoms with Crippen molar-refractivity contribution >= 4 is 11.8 Å². The molecule has 0 aromatic heterocycles. The molecule has 1 unspecified atom stereocenters. The highest BCUT2D eigenvalue weighted by Crippen LogP contribution is 2.08. The van der Waals surface area contributed by atoms with Gasteiger partial charge < -0.3 is 16.0 Å². The van der Waals surface area contributed by atoms with E-state index in [1.54, 1.807) is 0 Å². The molecule has 2 aliphatic rings. The minimum atomic E-state index is -0.306. The predicted octanol–water partition coefficient (Wildman–Crippen LogP) is -0.867. The Morgan fingerprint density at radius 3 is 2.87 bits per heavy atom. The Kier molecular flexibility index (Phi) is 3.20. The molecule has 2 aliphatic heterocycles. The lowest BCUT2D eigenvalue weighted by Gasteiger charge is -2.25. The maximum Gasteiger partial charge on any atom is 0.242 e. The maximum absolute atomic E-state index is 11.7. The summed E-state index contributed by atoms with van der Waals surface area (Å²) in [6, 6.07) is -0.0804. The van der Waals surface area contributed by atoms with Crippen LogP contribution in [0.25, 0.3) is 0 Å². The standard InChI is InChI=1S/C10H17N3O2/c14-9-4-3-8(13-9)10(15)12-7-2-1-5-11-6-7/h7-8,11H,1-6H2,(H,12,15)(H,13,14)/t7?,8-/m1/s1. The molecule has 0 aromatic carbocycles. The Hall–Kier alpha value is -1.10. The summed E-state index contributed by atoms with van der Waals surface area (Å²) in [4.78, 5) is 22.7. The molecule has 5 heteroatoms. The SMILES string of the molecule is O=C1CC[C@H](C(=O)NC2CCCNC2)N1. The monoisotopic (exact) mass is 211 g/mol. The van der Waals surface area contributed by atoms with E-state index in [9.17, 15) is 9.59 Å². The maximum atomic E-state index is 11.7. The lowest BCUT2D eigenvalue weighted by atomic mass is 10.1. The number of amides is 2. The molecule has 0 spiro atoms. The Bertz CT molecular complexity index is 261. The van der Waals surface area contributed by atoms with Crippen LogP contribution < -0.4 is 16.0 Å². The van der Waals surface area contributed by atoms with Crippen molar-refractivity contribution in [3.8, 4) is 0 Å². The van der Waals surface area contributed by atoms with E-state index in [2.05, 4.69) is 16.0 Å². The van der Waals surface area contributed by atoms with Gasteiger partial charge in [0.25, 0.3) is 0 Å². The van der Waals surface area contributed by atoms with Gasteiger partial charge in [0.2, 0.25) is 11.8 Å². The minimum absolute atomic E-state index is 0.0167. The molecule has 0 saturated carbocycles. The molecule has 0 bridgehead atoms. The van der Waals surface area contributed by atoms with Gasteiger partial charge in [-0.2, -0.15) is 0 Å². The van der Waals surface area contributed by atoms with Gasteiger partial charge in [-0.25, -0.2) is 0 Å². The number of piperidine rings is 1. The molecule has 2 amide bonds. The third-order valence-corrected chi connectivity index (χ3v) is 2.96. The Balaban J connectivity index is 1.78. The molecule has 2 rings (SSSR count). The molecule has 2 heterocycles. The van der Waals surface area contributed by atoms with Gasteiger partial charge in [0.1, 0.15) is 6.04 Å². The van der Waals surface area contributed by atoms with Crippen LogP contribution in [0.3, 0.4) is 0 Å². The lowest BCUT2D eigenvalue weighted by Crippen LogP contribution is -2.50. The largest absolute Gasteiger partial charge is 0.350 e. The zero-order chi connectivity index (χ0) is 10.7. The molecule has 2 atom stereocenters. The second-order valence-electron chi connectivity index (χ2n) is 4.21. The van der Waals surface area contributed by atoms with E-state index < -0.39 is 0 Å². The zero-order valence-corrected chi connectivity index (χ0v) is 8.71. The number of nitrogens with one attached hydrogen (secondary N) is 3. The van der Waals surface area contributed by atoms with E-state index in [4.69, 9.17) is 0 Å². The predicted molar refractivity (Wildman–Crippen MR) is 55.2 cm³/mol. The first kappa shape index (κ1) is 10.4. The fourth-order valence-corrected chi connectivity index (χ4v) is 2.09. The average molecular weight is 211 g/mol. The zero-order valence-electron chi connectivity index (χ0n) is 8.71. The third kappa shape index (κ3) is 2.68. The summed E-state index contributed by atoms with van der Waals surface area (Å²) >= 11 is 0. The van der Waals surface area contributed by atoms with Crippen molar-refractivity contribution in [3.05, 3.63) is 0 Å². The van der Waals surface area contributed by atoms with Crippen molar-refractivity contribution in [3.63, 3.8) is 0 Å². The smallest absolute Gasteiger partial charge is 0.242 e. The molecule has 5 nitrogen and oxygen atoms in total. The van der Waals surface area contributed by atoms with Gasteiger partial charge in [0, 0.05) is 19.0 Å². The van der Waals surface area contributed by atoms with Crippen LogP contribution in [-0.2, 0) is 9.59 Å². The molecular formula is C10H17N3O2. The first-order valence-corrected chi connectivity index (χ1v) is 5.56. The van der Waals surface area contributed by atoms with Gasteiger partial charge in [-0.3, -0.25) is 9.59 Å². The van der Waals surface area contributed by atoms with Gasteiger partial charge in [0.05, 0.1) is 0 Å². The molecule has 0 aromatic rings. The Labute approximate surface area is 89.0 Å². The molecule has 0 radical (unpaired) electrons. The lowest BCUT2D eigenvalue weighted by molar-refractivity contribution is -0.126. The minimum Gasteiger partial charge on any atom is -0.350 e. The number of hydrogen-bond donors (Lipinski definition) is 3. The number of carbonyl (C=O) groups excluding carboxylic acids is 2. The molecule has 2 fully saturated rings. The molecule has 3 N–H and O–H groups in total. The van der Waals surface area contributed by atoms with Crippen molar-refractivity contribution in [2.45, 2.75) is 37.8 Å². The second kappa shape index (κ2) is 4.61. The van der Waals surface area contributed by atoms with Crippen LogP contribution >= 0.6 is 0 Å². The summed E-state index contributed by atoms with van der Waals surface area (Å²) in [5.74, 6) is -0.0496. The second-order valence-corrected chi connectivity index (χ2v) is 4.21. The van der Waals surface area contributed by atoms with Gasteiger partial charge in [-0.05, 0) is 25.8 Å². The highest BCUT2D eigenvalue weighted by Gasteiger charge is 2.28. The van der Waals surface area contributed by atoms with Crippen LogP contribution in [-0.4, -0.2) is 37.0 Å². The van der Waals surface area contributed by atoms with E-state index in [-0.39, 0.29) is 23.9 Å². The molecular weight excluding hydrogens is 194 g/mol. The summed E-state index contributed by atoms with van der Waals surface area (Å²) in [5, 5.41) is 8.87. The summed E-state index contributed by atoms with van der Waals surface area (Å²) in [5.41, 5.74) is 0. The average Bonchev–Trinajstić information content (AvgIpc) is 2.66. The van der Waals surface area contributed by atoms with E-state index in [0.717, 1.165) is 25.9 Å². The van der Waals surface area contributed by atoms with Gasteiger partial charge >= 0.3 is 0 Å². The summed E-state index contributed by atoms with van der Waals surface area (Å²) < 4.78 is 0. The van der Waals surface area contributed by atoms with Crippen LogP contribution in [0.1, 0.15) is 25.7 Å². The van der Waals surface area contributed by atoms with Gasteiger partial charge in [-0.15, -0.1) is 0 Å². The van der Waals surface area contributed by atoms with Crippen molar-refractivity contribution < 1.29 is 9.59 Å². The highest BCUT2D eigenvalue weighted by molar-refractivity contribution is 5.90. The Morgan fingerprint density at radius 2 is 2.27 bits per heavy atom. The van der Waals surface area contributed by atoms with Crippen molar-refractivity contribution in [2.24, 2.45) is 0 Å². The summed E-state index contributed by atoms with van der Waals surface area (Å²) in [6.07, 6.45) is 3.23. The van der Waals surface area contributed by atoms with Crippen LogP contribution in [0.5, 0.6) is 0 Å². The topological polar surface area (TPSA) is 70.2 Å². The van der Waals surface area contributed by atoms with E-state index in [0.29, 0.717) is 12.8 Å². The third-order valence-electron chi connectivity index (χ3n) is 2.96. The molecule has 2 saturated heterocycles. The molecule has 15 heavy (non-hydrogen) atoms. The van der Waals surface area contributed by atoms with Gasteiger partial charge in [-0.1, -0.05) is 0 Å². The van der Waals surface area contributed by atoms with Crippen LogP contribution in [0.4, 0.5) is 0 Å². The van der Waals surface area contributed by atoms with Crippen LogP contribution in [0, 0.1) is 0 Å². The van der Waals surface area contributed by atoms with E-state index in [1.165, 1.54) is 0 Å². The molecule has 0 aliphatic carbocycles.